The van der Waals surface area contributed by atoms with Gasteiger partial charge in [0, 0.05) is 11.6 Å². The summed E-state index contributed by atoms with van der Waals surface area (Å²) in [6, 6.07) is 14.7. The fourth-order valence-electron chi connectivity index (χ4n) is 2.82. The highest BCUT2D eigenvalue weighted by Crippen LogP contribution is 2.31. The third-order valence-electron chi connectivity index (χ3n) is 4.05. The van der Waals surface area contributed by atoms with Crippen molar-refractivity contribution in [2.75, 3.05) is 20.8 Å². The third-order valence-corrected chi connectivity index (χ3v) is 4.05. The Morgan fingerprint density at radius 2 is 1.83 bits per heavy atom. The number of amides is 1. The van der Waals surface area contributed by atoms with Crippen LogP contribution in [0.1, 0.15) is 11.1 Å². The zero-order valence-electron chi connectivity index (χ0n) is 13.7. The number of hydrogen-bond acceptors (Lipinski definition) is 4. The normalized spacial score (nSPS) is 14.2. The number of rotatable bonds is 5. The average Bonchev–Trinajstić information content (AvgIpc) is 2.89. The van der Waals surface area contributed by atoms with Crippen LogP contribution in [0.5, 0.6) is 11.5 Å². The van der Waals surface area contributed by atoms with Crippen LogP contribution in [-0.4, -0.2) is 36.7 Å². The Morgan fingerprint density at radius 3 is 2.50 bits per heavy atom. The summed E-state index contributed by atoms with van der Waals surface area (Å²) in [6.45, 7) is 0.546. The topological polar surface area (TPSA) is 59.0 Å². The highest BCUT2D eigenvalue weighted by Gasteiger charge is 2.31. The summed E-state index contributed by atoms with van der Waals surface area (Å²) in [6.07, 6.45) is 0. The molecule has 1 heterocycles. The molecule has 2 aromatic carbocycles. The van der Waals surface area contributed by atoms with Gasteiger partial charge in [0.2, 0.25) is 0 Å². The van der Waals surface area contributed by atoms with Crippen LogP contribution >= 0.6 is 0 Å². The quantitative estimate of drug-likeness (QED) is 0.918. The minimum atomic E-state index is -0.184. The van der Waals surface area contributed by atoms with Gasteiger partial charge in [0.15, 0.2) is 0 Å². The van der Waals surface area contributed by atoms with E-state index in [4.69, 9.17) is 9.47 Å². The van der Waals surface area contributed by atoms with Gasteiger partial charge in [-0.1, -0.05) is 30.3 Å². The standard InChI is InChI=1S/C19H19NO4/c1-23-15-9-8-14(17(10-15)24-2)11-20-12-16(21)18(19(20)22)13-6-4-3-5-7-13/h3-10,21H,11-12H2,1-2H3. The minimum absolute atomic E-state index is 0.0960. The molecule has 3 rings (SSSR count). The van der Waals surface area contributed by atoms with Crippen LogP contribution in [0.2, 0.25) is 0 Å². The largest absolute Gasteiger partial charge is 0.510 e. The average molecular weight is 325 g/mol. The van der Waals surface area contributed by atoms with Crippen LogP contribution in [0.15, 0.2) is 54.3 Å². The van der Waals surface area contributed by atoms with Gasteiger partial charge in [-0.15, -0.1) is 0 Å². The number of methoxy groups -OCH3 is 2. The van der Waals surface area contributed by atoms with Gasteiger partial charge in [0.05, 0.1) is 32.9 Å². The molecule has 0 saturated carbocycles. The van der Waals surface area contributed by atoms with E-state index in [1.807, 2.05) is 42.5 Å². The van der Waals surface area contributed by atoms with Crippen LogP contribution in [-0.2, 0) is 11.3 Å². The van der Waals surface area contributed by atoms with E-state index in [9.17, 15) is 9.90 Å². The fourth-order valence-corrected chi connectivity index (χ4v) is 2.82. The number of aliphatic hydroxyl groups excluding tert-OH is 1. The monoisotopic (exact) mass is 325 g/mol. The fraction of sp³-hybridized carbons (Fsp3) is 0.211. The molecule has 0 atom stereocenters. The Bertz CT molecular complexity index is 783. The number of ether oxygens (including phenoxy) is 2. The molecule has 1 amide bonds. The molecular formula is C19H19NO4. The van der Waals surface area contributed by atoms with E-state index in [-0.39, 0.29) is 18.2 Å². The summed E-state index contributed by atoms with van der Waals surface area (Å²) in [5.41, 5.74) is 1.95. The van der Waals surface area contributed by atoms with Gasteiger partial charge in [0.25, 0.3) is 5.91 Å². The van der Waals surface area contributed by atoms with Crippen molar-refractivity contribution < 1.29 is 19.4 Å². The zero-order chi connectivity index (χ0) is 17.1. The van der Waals surface area contributed by atoms with E-state index >= 15 is 0 Å². The van der Waals surface area contributed by atoms with Crippen LogP contribution in [0.4, 0.5) is 0 Å². The van der Waals surface area contributed by atoms with Crippen molar-refractivity contribution >= 4 is 11.5 Å². The van der Waals surface area contributed by atoms with Gasteiger partial charge in [-0.25, -0.2) is 0 Å². The first-order valence-corrected chi connectivity index (χ1v) is 7.61. The summed E-state index contributed by atoms with van der Waals surface area (Å²) in [7, 11) is 3.17. The van der Waals surface area contributed by atoms with Gasteiger partial charge in [0.1, 0.15) is 17.3 Å². The molecule has 1 N–H and O–H groups in total. The maximum Gasteiger partial charge on any atom is 0.258 e. The van der Waals surface area contributed by atoms with Crippen LogP contribution in [0.25, 0.3) is 5.57 Å². The Kier molecular flexibility index (Phi) is 4.42. The SMILES string of the molecule is COc1ccc(CN2CC(O)=C(c3ccccc3)C2=O)c(OC)c1. The summed E-state index contributed by atoms with van der Waals surface area (Å²) >= 11 is 0. The van der Waals surface area contributed by atoms with Gasteiger partial charge < -0.3 is 19.5 Å². The number of benzene rings is 2. The molecule has 0 aromatic heterocycles. The molecule has 0 unspecified atom stereocenters. The van der Waals surface area contributed by atoms with Gasteiger partial charge in [-0.05, 0) is 17.7 Å². The summed E-state index contributed by atoms with van der Waals surface area (Å²) in [5.74, 6) is 1.25. The lowest BCUT2D eigenvalue weighted by Crippen LogP contribution is -2.26. The van der Waals surface area contributed by atoms with Gasteiger partial charge >= 0.3 is 0 Å². The lowest BCUT2D eigenvalue weighted by Gasteiger charge is -2.18. The van der Waals surface area contributed by atoms with Crippen LogP contribution < -0.4 is 9.47 Å². The van der Waals surface area contributed by atoms with Crippen LogP contribution in [0.3, 0.4) is 0 Å². The summed E-state index contributed by atoms with van der Waals surface area (Å²) in [5, 5.41) is 10.2. The Labute approximate surface area is 140 Å². The molecule has 5 heteroatoms. The molecule has 5 nitrogen and oxygen atoms in total. The maximum atomic E-state index is 12.7. The second-order valence-corrected chi connectivity index (χ2v) is 5.53. The molecular weight excluding hydrogens is 306 g/mol. The number of aliphatic hydroxyl groups is 1. The molecule has 24 heavy (non-hydrogen) atoms. The summed E-state index contributed by atoms with van der Waals surface area (Å²) in [4.78, 5) is 14.3. The number of hydrogen-bond donors (Lipinski definition) is 1. The first-order chi connectivity index (χ1) is 11.6. The Balaban J connectivity index is 1.83. The molecule has 2 aromatic rings. The molecule has 0 saturated heterocycles. The van der Waals surface area contributed by atoms with Crippen molar-refractivity contribution in [3.8, 4) is 11.5 Å². The van der Waals surface area contributed by atoms with E-state index in [1.54, 1.807) is 25.2 Å². The Hall–Kier alpha value is -2.95. The lowest BCUT2D eigenvalue weighted by molar-refractivity contribution is -0.124. The molecule has 0 bridgehead atoms. The highest BCUT2D eigenvalue weighted by molar-refractivity contribution is 6.22. The molecule has 1 aliphatic heterocycles. The minimum Gasteiger partial charge on any atom is -0.510 e. The third kappa shape index (κ3) is 2.93. The van der Waals surface area contributed by atoms with E-state index in [0.717, 1.165) is 11.1 Å². The first kappa shape index (κ1) is 15.9. The van der Waals surface area contributed by atoms with E-state index in [1.165, 1.54) is 0 Å². The highest BCUT2D eigenvalue weighted by atomic mass is 16.5. The molecule has 124 valence electrons. The van der Waals surface area contributed by atoms with Crippen molar-refractivity contribution in [3.05, 3.63) is 65.4 Å². The zero-order valence-corrected chi connectivity index (χ0v) is 13.7. The predicted molar refractivity (Wildman–Crippen MR) is 91.0 cm³/mol. The second-order valence-electron chi connectivity index (χ2n) is 5.53. The number of carbonyl (C=O) groups excluding carboxylic acids is 1. The van der Waals surface area contributed by atoms with Crippen LogP contribution in [0, 0.1) is 0 Å². The van der Waals surface area contributed by atoms with Crippen molar-refractivity contribution in [1.29, 1.82) is 0 Å². The molecule has 0 fully saturated rings. The van der Waals surface area contributed by atoms with E-state index in [2.05, 4.69) is 0 Å². The van der Waals surface area contributed by atoms with Crippen molar-refractivity contribution in [2.45, 2.75) is 6.54 Å². The van der Waals surface area contributed by atoms with Gasteiger partial charge in [-0.2, -0.15) is 0 Å². The summed E-state index contributed by atoms with van der Waals surface area (Å²) < 4.78 is 10.6. The number of carbonyl (C=O) groups is 1. The molecule has 0 aliphatic carbocycles. The Morgan fingerprint density at radius 1 is 1.08 bits per heavy atom. The number of nitrogens with zero attached hydrogens (tertiary/aromatic N) is 1. The van der Waals surface area contributed by atoms with E-state index in [0.29, 0.717) is 23.6 Å². The van der Waals surface area contributed by atoms with Gasteiger partial charge in [-0.3, -0.25) is 4.79 Å². The van der Waals surface area contributed by atoms with Crippen molar-refractivity contribution in [3.63, 3.8) is 0 Å². The van der Waals surface area contributed by atoms with Crippen molar-refractivity contribution in [2.24, 2.45) is 0 Å². The maximum absolute atomic E-state index is 12.7. The first-order valence-electron chi connectivity index (χ1n) is 7.61. The second kappa shape index (κ2) is 6.66. The molecule has 1 aliphatic rings. The lowest BCUT2D eigenvalue weighted by atomic mass is 10.1. The molecule has 0 spiro atoms. The van der Waals surface area contributed by atoms with E-state index < -0.39 is 0 Å². The molecule has 0 radical (unpaired) electrons. The smallest absolute Gasteiger partial charge is 0.258 e. The van der Waals surface area contributed by atoms with Crippen molar-refractivity contribution in [1.82, 2.24) is 4.90 Å². The predicted octanol–water partition coefficient (Wildman–Crippen LogP) is 3.02.